The van der Waals surface area contributed by atoms with Gasteiger partial charge in [0.15, 0.2) is 0 Å². The minimum absolute atomic E-state index is 0.203. The van der Waals surface area contributed by atoms with E-state index in [0.29, 0.717) is 16.3 Å². The van der Waals surface area contributed by atoms with Gasteiger partial charge in [-0.3, -0.25) is 9.78 Å². The lowest BCUT2D eigenvalue weighted by Gasteiger charge is -2.05. The maximum atomic E-state index is 11.9. The van der Waals surface area contributed by atoms with Crippen LogP contribution >= 0.6 is 27.5 Å². The molecular weight excluding hydrogens is 304 g/mol. The van der Waals surface area contributed by atoms with Gasteiger partial charge in [0, 0.05) is 28.1 Å². The Morgan fingerprint density at radius 1 is 1.24 bits per heavy atom. The van der Waals surface area contributed by atoms with Crippen LogP contribution in [0.15, 0.2) is 47.2 Å². The number of nitrogens with zero attached hydrogens (tertiary/aromatic N) is 1. The number of nitrogens with one attached hydrogen (secondary N) is 1. The fraction of sp³-hybridized carbons (Fsp3) is 0. The van der Waals surface area contributed by atoms with Crippen LogP contribution in [-0.2, 0) is 0 Å². The van der Waals surface area contributed by atoms with Crippen molar-refractivity contribution in [2.75, 3.05) is 5.32 Å². The predicted molar refractivity (Wildman–Crippen MR) is 71.3 cm³/mol. The van der Waals surface area contributed by atoms with Crippen molar-refractivity contribution < 1.29 is 4.79 Å². The summed E-state index contributed by atoms with van der Waals surface area (Å²) in [5.41, 5.74) is 1.21. The summed E-state index contributed by atoms with van der Waals surface area (Å²) < 4.78 is 0.764. The molecule has 0 radical (unpaired) electrons. The summed E-state index contributed by atoms with van der Waals surface area (Å²) in [6.07, 6.45) is 3.23. The van der Waals surface area contributed by atoms with E-state index in [-0.39, 0.29) is 5.91 Å². The highest BCUT2D eigenvalue weighted by Gasteiger charge is 2.07. The number of amides is 1. The third kappa shape index (κ3) is 3.05. The zero-order valence-corrected chi connectivity index (χ0v) is 11.0. The van der Waals surface area contributed by atoms with Gasteiger partial charge in [-0.2, -0.15) is 0 Å². The minimum atomic E-state index is -0.203. The molecule has 1 N–H and O–H groups in total. The average molecular weight is 312 g/mol. The first-order valence-electron chi connectivity index (χ1n) is 4.83. The third-order valence-corrected chi connectivity index (χ3v) is 3.35. The summed E-state index contributed by atoms with van der Waals surface area (Å²) in [6.45, 7) is 0. The average Bonchev–Trinajstić information content (AvgIpc) is 2.34. The van der Waals surface area contributed by atoms with Crippen molar-refractivity contribution in [3.05, 3.63) is 57.8 Å². The van der Waals surface area contributed by atoms with Crippen molar-refractivity contribution in [1.29, 1.82) is 0 Å². The van der Waals surface area contributed by atoms with E-state index < -0.39 is 0 Å². The fourth-order valence-corrected chi connectivity index (χ4v) is 1.70. The first-order valence-corrected chi connectivity index (χ1v) is 6.00. The summed E-state index contributed by atoms with van der Waals surface area (Å²) in [6, 6.07) is 8.50. The molecule has 1 aromatic carbocycles. The van der Waals surface area contributed by atoms with Crippen molar-refractivity contribution in [1.82, 2.24) is 4.98 Å². The summed E-state index contributed by atoms with van der Waals surface area (Å²) in [5, 5.41) is 3.26. The van der Waals surface area contributed by atoms with Crippen molar-refractivity contribution in [3.8, 4) is 0 Å². The highest BCUT2D eigenvalue weighted by atomic mass is 79.9. The van der Waals surface area contributed by atoms with Gasteiger partial charge in [0.05, 0.1) is 5.02 Å². The van der Waals surface area contributed by atoms with Crippen LogP contribution in [0.2, 0.25) is 5.02 Å². The summed E-state index contributed by atoms with van der Waals surface area (Å²) in [7, 11) is 0. The zero-order valence-electron chi connectivity index (χ0n) is 8.65. The molecule has 0 spiro atoms. The minimum Gasteiger partial charge on any atom is -0.322 e. The van der Waals surface area contributed by atoms with Crippen LogP contribution in [0.5, 0.6) is 0 Å². The van der Waals surface area contributed by atoms with E-state index >= 15 is 0 Å². The molecule has 0 aliphatic carbocycles. The number of carbonyl (C=O) groups is 1. The van der Waals surface area contributed by atoms with Crippen molar-refractivity contribution >= 4 is 39.1 Å². The number of aromatic nitrogens is 1. The predicted octanol–water partition coefficient (Wildman–Crippen LogP) is 3.75. The molecule has 5 heteroatoms. The van der Waals surface area contributed by atoms with Gasteiger partial charge in [-0.25, -0.2) is 0 Å². The monoisotopic (exact) mass is 310 g/mol. The molecule has 0 fully saturated rings. The third-order valence-electron chi connectivity index (χ3n) is 2.12. The second kappa shape index (κ2) is 5.29. The lowest BCUT2D eigenvalue weighted by Crippen LogP contribution is -2.11. The Morgan fingerprint density at radius 2 is 1.94 bits per heavy atom. The van der Waals surface area contributed by atoms with Crippen LogP contribution in [0.4, 0.5) is 5.69 Å². The molecule has 2 aromatic rings. The van der Waals surface area contributed by atoms with Gasteiger partial charge >= 0.3 is 0 Å². The van der Waals surface area contributed by atoms with Crippen LogP contribution < -0.4 is 5.32 Å². The molecule has 1 aromatic heterocycles. The standard InChI is InChI=1S/C12H8BrClN2O/c13-10-2-1-8(7-11(10)14)12(17)16-9-3-5-15-6-4-9/h1-7H,(H,15,16,17). The molecule has 1 amide bonds. The molecular formula is C12H8BrClN2O. The van der Waals surface area contributed by atoms with Gasteiger partial charge in [0.1, 0.15) is 0 Å². The summed E-state index contributed by atoms with van der Waals surface area (Å²) >= 11 is 9.20. The van der Waals surface area contributed by atoms with Gasteiger partial charge in [-0.05, 0) is 46.3 Å². The molecule has 0 atom stereocenters. The van der Waals surface area contributed by atoms with Crippen molar-refractivity contribution in [2.45, 2.75) is 0 Å². The Labute approximate surface area is 112 Å². The van der Waals surface area contributed by atoms with Gasteiger partial charge < -0.3 is 5.32 Å². The number of hydrogen-bond acceptors (Lipinski definition) is 2. The normalized spacial score (nSPS) is 10.0. The maximum Gasteiger partial charge on any atom is 0.255 e. The summed E-state index contributed by atoms with van der Waals surface area (Å²) in [4.78, 5) is 15.7. The van der Waals surface area contributed by atoms with Crippen molar-refractivity contribution in [2.24, 2.45) is 0 Å². The Balaban J connectivity index is 2.18. The second-order valence-corrected chi connectivity index (χ2v) is 4.58. The molecule has 17 heavy (non-hydrogen) atoms. The van der Waals surface area contributed by atoms with E-state index in [1.165, 1.54) is 0 Å². The second-order valence-electron chi connectivity index (χ2n) is 3.32. The molecule has 1 heterocycles. The molecule has 3 nitrogen and oxygen atoms in total. The van der Waals surface area contributed by atoms with Crippen LogP contribution in [0.3, 0.4) is 0 Å². The number of hydrogen-bond donors (Lipinski definition) is 1. The maximum absolute atomic E-state index is 11.9. The van der Waals surface area contributed by atoms with Gasteiger partial charge in [-0.15, -0.1) is 0 Å². The fourth-order valence-electron chi connectivity index (χ4n) is 1.28. The molecule has 0 aliphatic heterocycles. The Kier molecular flexibility index (Phi) is 3.76. The number of benzene rings is 1. The quantitative estimate of drug-likeness (QED) is 0.918. The largest absolute Gasteiger partial charge is 0.322 e. The van der Waals surface area contributed by atoms with Gasteiger partial charge in [-0.1, -0.05) is 11.6 Å². The Bertz CT molecular complexity index is 545. The summed E-state index contributed by atoms with van der Waals surface area (Å²) in [5.74, 6) is -0.203. The van der Waals surface area contributed by atoms with E-state index in [1.807, 2.05) is 0 Å². The molecule has 86 valence electrons. The smallest absolute Gasteiger partial charge is 0.255 e. The van der Waals surface area contributed by atoms with E-state index in [0.717, 1.165) is 4.47 Å². The first kappa shape index (κ1) is 12.1. The van der Waals surface area contributed by atoms with Crippen LogP contribution in [-0.4, -0.2) is 10.9 Å². The highest BCUT2D eigenvalue weighted by Crippen LogP contribution is 2.23. The van der Waals surface area contributed by atoms with E-state index in [2.05, 4.69) is 26.2 Å². The Morgan fingerprint density at radius 3 is 2.59 bits per heavy atom. The SMILES string of the molecule is O=C(Nc1ccncc1)c1ccc(Br)c(Cl)c1. The Hall–Kier alpha value is -1.39. The molecule has 0 aliphatic rings. The molecule has 0 saturated carbocycles. The number of rotatable bonds is 2. The number of halogens is 2. The van der Waals surface area contributed by atoms with Crippen LogP contribution in [0, 0.1) is 0 Å². The lowest BCUT2D eigenvalue weighted by molar-refractivity contribution is 0.102. The lowest BCUT2D eigenvalue weighted by atomic mass is 10.2. The van der Waals surface area contributed by atoms with Crippen LogP contribution in [0.1, 0.15) is 10.4 Å². The van der Waals surface area contributed by atoms with E-state index in [1.54, 1.807) is 42.7 Å². The number of carbonyl (C=O) groups excluding carboxylic acids is 1. The topological polar surface area (TPSA) is 42.0 Å². The first-order chi connectivity index (χ1) is 8.16. The van der Waals surface area contributed by atoms with E-state index in [9.17, 15) is 4.79 Å². The van der Waals surface area contributed by atoms with Crippen LogP contribution in [0.25, 0.3) is 0 Å². The number of anilines is 1. The van der Waals surface area contributed by atoms with Crippen molar-refractivity contribution in [3.63, 3.8) is 0 Å². The molecule has 0 unspecified atom stereocenters. The van der Waals surface area contributed by atoms with Gasteiger partial charge in [0.25, 0.3) is 5.91 Å². The van der Waals surface area contributed by atoms with Gasteiger partial charge in [0.2, 0.25) is 0 Å². The highest BCUT2D eigenvalue weighted by molar-refractivity contribution is 9.10. The number of pyridine rings is 1. The molecule has 0 saturated heterocycles. The molecule has 2 rings (SSSR count). The molecule has 0 bridgehead atoms. The zero-order chi connectivity index (χ0) is 12.3. The van der Waals surface area contributed by atoms with E-state index in [4.69, 9.17) is 11.6 Å².